The standard InChI is InChI=1S/C6H8BrN3O/c1-11-5-3(8)2-4(9)10-6(5)7/h2H,1H3,(H4,8,9,10). The molecule has 60 valence electrons. The van der Waals surface area contributed by atoms with Crippen molar-refractivity contribution >= 4 is 27.4 Å². The molecule has 4 nitrogen and oxygen atoms in total. The maximum Gasteiger partial charge on any atom is 0.174 e. The smallest absolute Gasteiger partial charge is 0.174 e. The second-order valence-electron chi connectivity index (χ2n) is 1.96. The van der Waals surface area contributed by atoms with Crippen molar-refractivity contribution in [3.8, 4) is 5.75 Å². The molecule has 0 saturated carbocycles. The summed E-state index contributed by atoms with van der Waals surface area (Å²) in [4.78, 5) is 3.89. The Hall–Kier alpha value is -0.970. The van der Waals surface area contributed by atoms with E-state index in [0.29, 0.717) is 21.9 Å². The first-order valence-corrected chi connectivity index (χ1v) is 3.70. The Kier molecular flexibility index (Phi) is 2.19. The molecule has 0 aliphatic rings. The average Bonchev–Trinajstić information content (AvgIpc) is 1.85. The minimum absolute atomic E-state index is 0.371. The highest BCUT2D eigenvalue weighted by Crippen LogP contribution is 2.30. The maximum atomic E-state index is 5.56. The summed E-state index contributed by atoms with van der Waals surface area (Å²) in [6.45, 7) is 0. The molecule has 0 aliphatic carbocycles. The van der Waals surface area contributed by atoms with Gasteiger partial charge < -0.3 is 16.2 Å². The van der Waals surface area contributed by atoms with Gasteiger partial charge in [0.15, 0.2) is 10.4 Å². The summed E-state index contributed by atoms with van der Waals surface area (Å²) in [5.41, 5.74) is 11.4. The minimum Gasteiger partial charge on any atom is -0.492 e. The average molecular weight is 218 g/mol. The molecule has 1 aromatic rings. The number of aromatic nitrogens is 1. The van der Waals surface area contributed by atoms with Crippen molar-refractivity contribution in [1.29, 1.82) is 0 Å². The lowest BCUT2D eigenvalue weighted by Gasteiger charge is -2.05. The number of hydrogen-bond donors (Lipinski definition) is 2. The number of rotatable bonds is 1. The third-order valence-electron chi connectivity index (χ3n) is 1.18. The van der Waals surface area contributed by atoms with Gasteiger partial charge in [0.2, 0.25) is 0 Å². The van der Waals surface area contributed by atoms with Crippen LogP contribution in [-0.2, 0) is 0 Å². The van der Waals surface area contributed by atoms with E-state index in [1.54, 1.807) is 6.07 Å². The maximum absolute atomic E-state index is 5.56. The number of anilines is 2. The zero-order chi connectivity index (χ0) is 8.43. The summed E-state index contributed by atoms with van der Waals surface area (Å²) in [7, 11) is 1.52. The van der Waals surface area contributed by atoms with Crippen molar-refractivity contribution in [2.75, 3.05) is 18.6 Å². The Morgan fingerprint density at radius 2 is 2.18 bits per heavy atom. The third-order valence-corrected chi connectivity index (χ3v) is 1.72. The van der Waals surface area contributed by atoms with E-state index >= 15 is 0 Å². The summed E-state index contributed by atoms with van der Waals surface area (Å²) in [6.07, 6.45) is 0. The number of pyridine rings is 1. The number of ether oxygens (including phenoxy) is 1. The van der Waals surface area contributed by atoms with E-state index in [0.717, 1.165) is 0 Å². The van der Waals surface area contributed by atoms with E-state index in [1.807, 2.05) is 0 Å². The lowest BCUT2D eigenvalue weighted by Crippen LogP contribution is -1.98. The summed E-state index contributed by atoms with van der Waals surface area (Å²) in [5.74, 6) is 0.884. The first-order valence-electron chi connectivity index (χ1n) is 2.90. The zero-order valence-electron chi connectivity index (χ0n) is 5.97. The number of methoxy groups -OCH3 is 1. The topological polar surface area (TPSA) is 74.2 Å². The van der Waals surface area contributed by atoms with E-state index in [-0.39, 0.29) is 0 Å². The van der Waals surface area contributed by atoms with Crippen LogP contribution in [0.2, 0.25) is 0 Å². The van der Waals surface area contributed by atoms with Crippen LogP contribution in [0.4, 0.5) is 11.5 Å². The van der Waals surface area contributed by atoms with Crippen LogP contribution >= 0.6 is 15.9 Å². The molecular formula is C6H8BrN3O. The van der Waals surface area contributed by atoms with Gasteiger partial charge in [-0.2, -0.15) is 0 Å². The number of hydrogen-bond acceptors (Lipinski definition) is 4. The van der Waals surface area contributed by atoms with Crippen molar-refractivity contribution < 1.29 is 4.74 Å². The van der Waals surface area contributed by atoms with Crippen LogP contribution in [0.25, 0.3) is 0 Å². The summed E-state index contributed by atoms with van der Waals surface area (Å²) < 4.78 is 5.47. The first-order chi connectivity index (χ1) is 5.15. The van der Waals surface area contributed by atoms with E-state index in [1.165, 1.54) is 7.11 Å². The van der Waals surface area contributed by atoms with Crippen molar-refractivity contribution in [2.24, 2.45) is 0 Å². The molecule has 0 amide bonds. The zero-order valence-corrected chi connectivity index (χ0v) is 7.55. The Bertz CT molecular complexity index is 254. The van der Waals surface area contributed by atoms with Gasteiger partial charge in [0.05, 0.1) is 12.8 Å². The highest BCUT2D eigenvalue weighted by molar-refractivity contribution is 9.10. The number of nitrogens with two attached hydrogens (primary N) is 2. The quantitative estimate of drug-likeness (QED) is 0.690. The van der Waals surface area contributed by atoms with Crippen molar-refractivity contribution in [2.45, 2.75) is 0 Å². The summed E-state index contributed by atoms with van der Waals surface area (Å²) >= 11 is 3.16. The molecule has 11 heavy (non-hydrogen) atoms. The molecule has 1 aromatic heterocycles. The van der Waals surface area contributed by atoms with Gasteiger partial charge in [-0.1, -0.05) is 0 Å². The van der Waals surface area contributed by atoms with Crippen LogP contribution in [0.1, 0.15) is 0 Å². The predicted octanol–water partition coefficient (Wildman–Crippen LogP) is 1.02. The highest BCUT2D eigenvalue weighted by Gasteiger charge is 2.06. The first kappa shape index (κ1) is 8.13. The molecular weight excluding hydrogens is 210 g/mol. The Balaban J connectivity index is 3.25. The molecule has 0 aromatic carbocycles. The lowest BCUT2D eigenvalue weighted by molar-refractivity contribution is 0.412. The molecule has 4 N–H and O–H groups in total. The minimum atomic E-state index is 0.371. The lowest BCUT2D eigenvalue weighted by atomic mass is 10.4. The molecule has 0 bridgehead atoms. The van der Waals surface area contributed by atoms with Crippen molar-refractivity contribution in [3.05, 3.63) is 10.7 Å². The summed E-state index contributed by atoms with van der Waals surface area (Å²) in [5, 5.41) is 0. The molecule has 0 fully saturated rings. The van der Waals surface area contributed by atoms with E-state index in [4.69, 9.17) is 16.2 Å². The fourth-order valence-electron chi connectivity index (χ4n) is 0.742. The van der Waals surface area contributed by atoms with E-state index < -0.39 is 0 Å². The fraction of sp³-hybridized carbons (Fsp3) is 0.167. The van der Waals surface area contributed by atoms with Gasteiger partial charge in [0, 0.05) is 6.07 Å². The van der Waals surface area contributed by atoms with Crippen LogP contribution in [0, 0.1) is 0 Å². The molecule has 0 spiro atoms. The van der Waals surface area contributed by atoms with Gasteiger partial charge >= 0.3 is 0 Å². The normalized spacial score (nSPS) is 9.64. The van der Waals surface area contributed by atoms with Crippen LogP contribution in [0.3, 0.4) is 0 Å². The Labute approximate surface area is 72.7 Å². The van der Waals surface area contributed by atoms with Gasteiger partial charge in [0.1, 0.15) is 5.82 Å². The highest BCUT2D eigenvalue weighted by atomic mass is 79.9. The largest absolute Gasteiger partial charge is 0.492 e. The molecule has 0 saturated heterocycles. The Morgan fingerprint density at radius 3 is 2.64 bits per heavy atom. The van der Waals surface area contributed by atoms with Crippen LogP contribution in [0.5, 0.6) is 5.75 Å². The fourth-order valence-corrected chi connectivity index (χ4v) is 1.34. The molecule has 5 heteroatoms. The van der Waals surface area contributed by atoms with Crippen molar-refractivity contribution in [1.82, 2.24) is 4.98 Å². The number of nitrogen functional groups attached to an aromatic ring is 2. The number of halogens is 1. The molecule has 0 unspecified atom stereocenters. The molecule has 1 heterocycles. The van der Waals surface area contributed by atoms with Crippen LogP contribution in [0.15, 0.2) is 10.7 Å². The van der Waals surface area contributed by atoms with Gasteiger partial charge in [-0.15, -0.1) is 0 Å². The monoisotopic (exact) mass is 217 g/mol. The molecule has 0 radical (unpaired) electrons. The summed E-state index contributed by atoms with van der Waals surface area (Å²) in [6, 6.07) is 1.55. The molecule has 1 rings (SSSR count). The van der Waals surface area contributed by atoms with Crippen LogP contribution in [-0.4, -0.2) is 12.1 Å². The SMILES string of the molecule is COc1c(N)cc(N)nc1Br. The molecule has 0 atom stereocenters. The van der Waals surface area contributed by atoms with Gasteiger partial charge in [-0.25, -0.2) is 4.98 Å². The van der Waals surface area contributed by atoms with Crippen molar-refractivity contribution in [3.63, 3.8) is 0 Å². The predicted molar refractivity (Wildman–Crippen MR) is 47.3 cm³/mol. The Morgan fingerprint density at radius 1 is 1.55 bits per heavy atom. The van der Waals surface area contributed by atoms with E-state index in [9.17, 15) is 0 Å². The second kappa shape index (κ2) is 2.96. The van der Waals surface area contributed by atoms with Crippen LogP contribution < -0.4 is 16.2 Å². The van der Waals surface area contributed by atoms with Gasteiger partial charge in [-0.05, 0) is 15.9 Å². The van der Waals surface area contributed by atoms with Gasteiger partial charge in [-0.3, -0.25) is 0 Å². The number of nitrogens with zero attached hydrogens (tertiary/aromatic N) is 1. The van der Waals surface area contributed by atoms with Gasteiger partial charge in [0.25, 0.3) is 0 Å². The molecule has 0 aliphatic heterocycles. The van der Waals surface area contributed by atoms with E-state index in [2.05, 4.69) is 20.9 Å². The third kappa shape index (κ3) is 1.54. The second-order valence-corrected chi connectivity index (χ2v) is 2.71.